The molecule has 1 atom stereocenters. The molecule has 1 aromatic heterocycles. The molecule has 1 N–H and O–H groups in total. The molecule has 0 radical (unpaired) electrons. The molecule has 1 aliphatic rings. The third-order valence-corrected chi connectivity index (χ3v) is 4.49. The van der Waals surface area contributed by atoms with Gasteiger partial charge in [-0.15, -0.1) is 0 Å². The molecule has 1 aliphatic heterocycles. The molecule has 1 amide bonds. The van der Waals surface area contributed by atoms with Crippen molar-refractivity contribution in [3.8, 4) is 0 Å². The molecule has 0 bridgehead atoms. The zero-order valence-corrected chi connectivity index (χ0v) is 12.5. The van der Waals surface area contributed by atoms with Gasteiger partial charge in [0.1, 0.15) is 5.82 Å². The number of rotatable bonds is 2. The fourth-order valence-electron chi connectivity index (χ4n) is 3.23. The van der Waals surface area contributed by atoms with Gasteiger partial charge in [-0.3, -0.25) is 9.89 Å². The van der Waals surface area contributed by atoms with E-state index in [4.69, 9.17) is 0 Å². The maximum atomic E-state index is 13.0. The monoisotopic (exact) mass is 309 g/mol. The average molecular weight is 309 g/mol. The number of hydrogen-bond donors (Lipinski definition) is 1. The molecule has 5 heteroatoms. The number of amides is 1. The molecule has 23 heavy (non-hydrogen) atoms. The van der Waals surface area contributed by atoms with E-state index in [2.05, 4.69) is 10.2 Å². The Morgan fingerprint density at radius 3 is 2.78 bits per heavy atom. The molecule has 2 heterocycles. The van der Waals surface area contributed by atoms with Crippen molar-refractivity contribution in [1.82, 2.24) is 15.1 Å². The summed E-state index contributed by atoms with van der Waals surface area (Å²) in [6, 6.07) is 14.2. The molecule has 0 saturated carbocycles. The van der Waals surface area contributed by atoms with Gasteiger partial charge in [0, 0.05) is 24.4 Å². The van der Waals surface area contributed by atoms with Crippen LogP contribution in [0, 0.1) is 5.82 Å². The summed E-state index contributed by atoms with van der Waals surface area (Å²) in [6.07, 6.45) is 0.889. The van der Waals surface area contributed by atoms with Gasteiger partial charge in [-0.2, -0.15) is 5.10 Å². The van der Waals surface area contributed by atoms with Crippen molar-refractivity contribution in [2.24, 2.45) is 0 Å². The predicted molar refractivity (Wildman–Crippen MR) is 85.8 cm³/mol. The second-order valence-electron chi connectivity index (χ2n) is 5.91. The maximum absolute atomic E-state index is 13.0. The van der Waals surface area contributed by atoms with Crippen LogP contribution >= 0.6 is 0 Å². The molecule has 1 fully saturated rings. The van der Waals surface area contributed by atoms with E-state index in [1.807, 2.05) is 29.2 Å². The third kappa shape index (κ3) is 2.48. The highest BCUT2D eigenvalue weighted by Gasteiger charge is 2.29. The Hall–Kier alpha value is -2.69. The van der Waals surface area contributed by atoms with Crippen molar-refractivity contribution < 1.29 is 9.18 Å². The van der Waals surface area contributed by atoms with E-state index in [0.717, 1.165) is 22.9 Å². The van der Waals surface area contributed by atoms with Crippen LogP contribution < -0.4 is 0 Å². The molecular formula is C18H16FN3O. The summed E-state index contributed by atoms with van der Waals surface area (Å²) >= 11 is 0. The van der Waals surface area contributed by atoms with Crippen LogP contribution in [-0.4, -0.2) is 34.1 Å². The van der Waals surface area contributed by atoms with Gasteiger partial charge in [0.05, 0.1) is 5.52 Å². The standard InChI is InChI=1S/C18H16FN3O/c19-14-7-5-12(6-8-14)13-9-10-22(11-13)18(23)17-15-3-1-2-4-16(15)20-21-17/h1-8,13H,9-11H2,(H,20,21)/t13-/m0/s1. The number of halogens is 1. The molecule has 0 spiro atoms. The number of nitrogens with one attached hydrogen (secondary N) is 1. The lowest BCUT2D eigenvalue weighted by molar-refractivity contribution is 0.0787. The second-order valence-corrected chi connectivity index (χ2v) is 5.91. The normalized spacial score (nSPS) is 17.8. The number of aromatic amines is 1. The van der Waals surface area contributed by atoms with Gasteiger partial charge >= 0.3 is 0 Å². The number of likely N-dealkylation sites (tertiary alicyclic amines) is 1. The number of nitrogens with zero attached hydrogens (tertiary/aromatic N) is 2. The van der Waals surface area contributed by atoms with Crippen molar-refractivity contribution in [1.29, 1.82) is 0 Å². The number of carbonyl (C=O) groups excluding carboxylic acids is 1. The Morgan fingerprint density at radius 1 is 1.17 bits per heavy atom. The Bertz CT molecular complexity index is 856. The number of para-hydroxylation sites is 1. The summed E-state index contributed by atoms with van der Waals surface area (Å²) < 4.78 is 13.0. The minimum atomic E-state index is -0.234. The largest absolute Gasteiger partial charge is 0.337 e. The first-order valence-electron chi connectivity index (χ1n) is 7.70. The summed E-state index contributed by atoms with van der Waals surface area (Å²) in [7, 11) is 0. The molecule has 4 rings (SSSR count). The molecule has 116 valence electrons. The van der Waals surface area contributed by atoms with Crippen LogP contribution in [-0.2, 0) is 0 Å². The van der Waals surface area contributed by atoms with E-state index >= 15 is 0 Å². The van der Waals surface area contributed by atoms with Crippen LogP contribution in [0.25, 0.3) is 10.9 Å². The van der Waals surface area contributed by atoms with Crippen molar-refractivity contribution >= 4 is 16.8 Å². The lowest BCUT2D eigenvalue weighted by Gasteiger charge is -2.15. The minimum Gasteiger partial charge on any atom is -0.337 e. The summed E-state index contributed by atoms with van der Waals surface area (Å²) in [5, 5.41) is 7.94. The number of H-pyrrole nitrogens is 1. The predicted octanol–water partition coefficient (Wildman–Crippen LogP) is 3.33. The summed E-state index contributed by atoms with van der Waals surface area (Å²) in [5.74, 6) is -0.0283. The molecule has 0 unspecified atom stereocenters. The number of carbonyl (C=O) groups is 1. The van der Waals surface area contributed by atoms with Crippen molar-refractivity contribution in [3.63, 3.8) is 0 Å². The zero-order chi connectivity index (χ0) is 15.8. The lowest BCUT2D eigenvalue weighted by Crippen LogP contribution is -2.28. The number of aromatic nitrogens is 2. The first-order chi connectivity index (χ1) is 11.2. The zero-order valence-electron chi connectivity index (χ0n) is 12.5. The molecule has 3 aromatic rings. The fourth-order valence-corrected chi connectivity index (χ4v) is 3.23. The van der Waals surface area contributed by atoms with Gasteiger partial charge < -0.3 is 4.90 Å². The molecule has 0 aliphatic carbocycles. The van der Waals surface area contributed by atoms with Gasteiger partial charge in [0.2, 0.25) is 0 Å². The van der Waals surface area contributed by atoms with Gasteiger partial charge in [-0.1, -0.05) is 30.3 Å². The van der Waals surface area contributed by atoms with Crippen molar-refractivity contribution in [2.45, 2.75) is 12.3 Å². The van der Waals surface area contributed by atoms with Crippen molar-refractivity contribution in [3.05, 3.63) is 65.6 Å². The lowest BCUT2D eigenvalue weighted by atomic mass is 9.99. The van der Waals surface area contributed by atoms with Crippen LogP contribution in [0.2, 0.25) is 0 Å². The Kier molecular flexibility index (Phi) is 3.33. The third-order valence-electron chi connectivity index (χ3n) is 4.49. The summed E-state index contributed by atoms with van der Waals surface area (Å²) in [4.78, 5) is 14.6. The van der Waals surface area contributed by atoms with Gasteiger partial charge in [0.25, 0.3) is 5.91 Å². The average Bonchev–Trinajstić information content (AvgIpc) is 3.22. The van der Waals surface area contributed by atoms with Crippen LogP contribution in [0.15, 0.2) is 48.5 Å². The van der Waals surface area contributed by atoms with Gasteiger partial charge in [0.15, 0.2) is 5.69 Å². The maximum Gasteiger partial charge on any atom is 0.275 e. The van der Waals surface area contributed by atoms with E-state index in [-0.39, 0.29) is 17.6 Å². The van der Waals surface area contributed by atoms with Crippen LogP contribution in [0.1, 0.15) is 28.4 Å². The van der Waals surface area contributed by atoms with E-state index in [9.17, 15) is 9.18 Å². The van der Waals surface area contributed by atoms with Crippen LogP contribution in [0.4, 0.5) is 4.39 Å². The first-order valence-corrected chi connectivity index (χ1v) is 7.70. The topological polar surface area (TPSA) is 49.0 Å². The van der Waals surface area contributed by atoms with E-state index in [1.54, 1.807) is 12.1 Å². The molecule has 4 nitrogen and oxygen atoms in total. The van der Waals surface area contributed by atoms with E-state index in [1.165, 1.54) is 12.1 Å². The summed E-state index contributed by atoms with van der Waals surface area (Å²) in [5.41, 5.74) is 2.42. The highest BCUT2D eigenvalue weighted by molar-refractivity contribution is 6.04. The second kappa shape index (κ2) is 5.50. The molecule has 2 aromatic carbocycles. The van der Waals surface area contributed by atoms with Crippen LogP contribution in [0.5, 0.6) is 0 Å². The van der Waals surface area contributed by atoms with E-state index in [0.29, 0.717) is 18.8 Å². The minimum absolute atomic E-state index is 0.0490. The molecular weight excluding hydrogens is 293 g/mol. The fraction of sp³-hybridized carbons (Fsp3) is 0.222. The smallest absolute Gasteiger partial charge is 0.275 e. The van der Waals surface area contributed by atoms with Crippen molar-refractivity contribution in [2.75, 3.05) is 13.1 Å². The SMILES string of the molecule is O=C(c1n[nH]c2ccccc12)N1CC[C@H](c2ccc(F)cc2)C1. The number of hydrogen-bond acceptors (Lipinski definition) is 2. The number of fused-ring (bicyclic) bond motifs is 1. The Balaban J connectivity index is 1.55. The highest BCUT2D eigenvalue weighted by atomic mass is 19.1. The molecule has 1 saturated heterocycles. The van der Waals surface area contributed by atoms with Crippen LogP contribution in [0.3, 0.4) is 0 Å². The highest BCUT2D eigenvalue weighted by Crippen LogP contribution is 2.29. The Morgan fingerprint density at radius 2 is 1.96 bits per heavy atom. The van der Waals surface area contributed by atoms with E-state index < -0.39 is 0 Å². The van der Waals surface area contributed by atoms with Gasteiger partial charge in [-0.25, -0.2) is 4.39 Å². The first kappa shape index (κ1) is 13.9. The van der Waals surface area contributed by atoms with Gasteiger partial charge in [-0.05, 0) is 30.2 Å². The Labute approximate surface area is 132 Å². The summed E-state index contributed by atoms with van der Waals surface area (Å²) in [6.45, 7) is 1.34. The number of benzene rings is 2. The quantitative estimate of drug-likeness (QED) is 0.789.